The van der Waals surface area contributed by atoms with Crippen LogP contribution in [0.1, 0.15) is 26.2 Å². The summed E-state index contributed by atoms with van der Waals surface area (Å²) in [5.74, 6) is 0.0214. The Balaban J connectivity index is 2.08. The molecule has 0 aromatic heterocycles. The van der Waals surface area contributed by atoms with Gasteiger partial charge in [-0.05, 0) is 19.8 Å². The lowest BCUT2D eigenvalue weighted by Crippen LogP contribution is -2.37. The fraction of sp³-hybridized carbons (Fsp3) is 0.800. The number of hydrogen-bond acceptors (Lipinski definition) is 3. The molecule has 3 rings (SSSR count). The van der Waals surface area contributed by atoms with Crippen molar-refractivity contribution < 1.29 is 14.3 Å². The van der Waals surface area contributed by atoms with E-state index < -0.39 is 0 Å². The van der Waals surface area contributed by atoms with Gasteiger partial charge in [-0.25, -0.2) is 0 Å². The van der Waals surface area contributed by atoms with Gasteiger partial charge in [-0.1, -0.05) is 0 Å². The number of ether oxygens (including phenoxy) is 1. The van der Waals surface area contributed by atoms with Crippen molar-refractivity contribution in [3.8, 4) is 0 Å². The lowest BCUT2D eigenvalue weighted by Gasteiger charge is -2.26. The molecule has 1 saturated carbocycles. The Labute approximate surface area is 76.4 Å². The highest BCUT2D eigenvalue weighted by molar-refractivity contribution is 6.10. The van der Waals surface area contributed by atoms with Gasteiger partial charge in [0, 0.05) is 0 Å². The van der Waals surface area contributed by atoms with Gasteiger partial charge in [0.1, 0.15) is 11.6 Å². The van der Waals surface area contributed by atoms with E-state index in [4.69, 9.17) is 4.74 Å². The Morgan fingerprint density at radius 1 is 1.38 bits per heavy atom. The van der Waals surface area contributed by atoms with Crippen LogP contribution in [0.15, 0.2) is 0 Å². The van der Waals surface area contributed by atoms with Crippen LogP contribution in [0.5, 0.6) is 0 Å². The van der Waals surface area contributed by atoms with Crippen LogP contribution in [0.3, 0.4) is 0 Å². The minimum Gasteiger partial charge on any atom is -0.371 e. The van der Waals surface area contributed by atoms with E-state index in [1.54, 1.807) is 0 Å². The van der Waals surface area contributed by atoms with E-state index in [0.717, 1.165) is 12.8 Å². The first-order chi connectivity index (χ1) is 6.12. The minimum atomic E-state index is -0.307. The third kappa shape index (κ3) is 0.742. The van der Waals surface area contributed by atoms with Crippen LogP contribution in [-0.4, -0.2) is 23.3 Å². The van der Waals surface area contributed by atoms with E-state index in [2.05, 4.69) is 0 Å². The highest BCUT2D eigenvalue weighted by Gasteiger charge is 2.64. The summed E-state index contributed by atoms with van der Waals surface area (Å²) in [6.45, 7) is 1.98. The molecule has 0 spiro atoms. The fourth-order valence-electron chi connectivity index (χ4n) is 3.30. The van der Waals surface area contributed by atoms with Crippen LogP contribution in [0, 0.1) is 11.8 Å². The van der Waals surface area contributed by atoms with E-state index in [0.29, 0.717) is 0 Å². The van der Waals surface area contributed by atoms with Crippen molar-refractivity contribution in [2.45, 2.75) is 37.9 Å². The zero-order valence-electron chi connectivity index (χ0n) is 7.58. The average Bonchev–Trinajstić information content (AvgIpc) is 2.62. The predicted molar refractivity (Wildman–Crippen MR) is 44.1 cm³/mol. The number of fused-ring (bicyclic) bond motifs is 5. The van der Waals surface area contributed by atoms with Gasteiger partial charge in [-0.2, -0.15) is 0 Å². The van der Waals surface area contributed by atoms with Crippen LogP contribution < -0.4 is 0 Å². The molecule has 2 aliphatic heterocycles. The SMILES string of the molecule is C[C@]12CC[C@@H](O1)[C@@H]1C(=O)CC(=O)[C@@H]12. The van der Waals surface area contributed by atoms with Gasteiger partial charge in [-0.3, -0.25) is 9.59 Å². The molecule has 13 heavy (non-hydrogen) atoms. The molecule has 0 aromatic carbocycles. The van der Waals surface area contributed by atoms with Gasteiger partial charge in [0.25, 0.3) is 0 Å². The second kappa shape index (κ2) is 2.03. The van der Waals surface area contributed by atoms with E-state index in [1.807, 2.05) is 6.92 Å². The van der Waals surface area contributed by atoms with E-state index in [-0.39, 0.29) is 41.5 Å². The summed E-state index contributed by atoms with van der Waals surface area (Å²) in [5, 5.41) is 0. The normalized spacial score (nSPS) is 53.2. The number of hydrogen-bond donors (Lipinski definition) is 0. The molecule has 0 amide bonds. The van der Waals surface area contributed by atoms with Gasteiger partial charge >= 0.3 is 0 Å². The summed E-state index contributed by atoms with van der Waals surface area (Å²) in [6, 6.07) is 0. The highest BCUT2D eigenvalue weighted by Crippen LogP contribution is 2.54. The molecule has 3 aliphatic rings. The van der Waals surface area contributed by atoms with Crippen molar-refractivity contribution in [1.29, 1.82) is 0 Å². The predicted octanol–water partition coefficient (Wildman–Crippen LogP) is 0.712. The molecule has 3 nitrogen and oxygen atoms in total. The minimum absolute atomic E-state index is 0.0500. The molecule has 4 atom stereocenters. The van der Waals surface area contributed by atoms with Crippen LogP contribution in [0.2, 0.25) is 0 Å². The van der Waals surface area contributed by atoms with Crippen molar-refractivity contribution in [3.63, 3.8) is 0 Å². The number of rotatable bonds is 0. The number of Topliss-reactive ketones (excluding diaryl/α,β-unsaturated/α-hetero) is 2. The second-order valence-electron chi connectivity index (χ2n) is 4.62. The topological polar surface area (TPSA) is 43.4 Å². The van der Waals surface area contributed by atoms with Crippen LogP contribution in [0.4, 0.5) is 0 Å². The Bertz CT molecular complexity index is 309. The molecule has 70 valence electrons. The first-order valence-corrected chi connectivity index (χ1v) is 4.85. The maximum absolute atomic E-state index is 11.6. The third-order valence-corrected chi connectivity index (χ3v) is 3.83. The maximum Gasteiger partial charge on any atom is 0.147 e. The monoisotopic (exact) mass is 180 g/mol. The second-order valence-corrected chi connectivity index (χ2v) is 4.62. The standard InChI is InChI=1S/C10H12O3/c1-10-3-2-7(13-10)8-5(11)4-6(12)9(8)10/h7-9H,2-4H2,1H3/t7-,8+,9+,10-/m1/s1. The van der Waals surface area contributed by atoms with Crippen molar-refractivity contribution in [3.05, 3.63) is 0 Å². The van der Waals surface area contributed by atoms with E-state index >= 15 is 0 Å². The summed E-state index contributed by atoms with van der Waals surface area (Å²) in [6.07, 6.45) is 2.10. The third-order valence-electron chi connectivity index (χ3n) is 3.83. The molecule has 0 radical (unpaired) electrons. The highest BCUT2D eigenvalue weighted by atomic mass is 16.5. The maximum atomic E-state index is 11.6. The molecule has 0 unspecified atom stereocenters. The van der Waals surface area contributed by atoms with Gasteiger partial charge in [-0.15, -0.1) is 0 Å². The summed E-state index contributed by atoms with van der Waals surface area (Å²) in [5.41, 5.74) is -0.307. The van der Waals surface area contributed by atoms with Gasteiger partial charge < -0.3 is 4.74 Å². The summed E-state index contributed by atoms with van der Waals surface area (Å²) in [4.78, 5) is 23.1. The van der Waals surface area contributed by atoms with Crippen molar-refractivity contribution >= 4 is 11.6 Å². The first kappa shape index (κ1) is 7.68. The largest absolute Gasteiger partial charge is 0.371 e. The molecule has 0 N–H and O–H groups in total. The van der Waals surface area contributed by atoms with Gasteiger partial charge in [0.15, 0.2) is 0 Å². The number of ketones is 2. The van der Waals surface area contributed by atoms with Crippen molar-refractivity contribution in [2.24, 2.45) is 11.8 Å². The fourth-order valence-corrected chi connectivity index (χ4v) is 3.30. The van der Waals surface area contributed by atoms with Crippen LogP contribution in [-0.2, 0) is 14.3 Å². The molecule has 3 fully saturated rings. The van der Waals surface area contributed by atoms with Crippen molar-refractivity contribution in [2.75, 3.05) is 0 Å². The van der Waals surface area contributed by atoms with Crippen molar-refractivity contribution in [1.82, 2.24) is 0 Å². The summed E-state index contributed by atoms with van der Waals surface area (Å²) < 4.78 is 5.73. The molecular weight excluding hydrogens is 168 g/mol. The smallest absolute Gasteiger partial charge is 0.147 e. The Kier molecular flexibility index (Phi) is 1.20. The molecule has 3 heteroatoms. The first-order valence-electron chi connectivity index (χ1n) is 4.85. The summed E-state index contributed by atoms with van der Waals surface area (Å²) >= 11 is 0. The van der Waals surface area contributed by atoms with E-state index in [1.165, 1.54) is 0 Å². The van der Waals surface area contributed by atoms with Gasteiger partial charge in [0.05, 0.1) is 30.0 Å². The zero-order valence-corrected chi connectivity index (χ0v) is 7.58. The zero-order chi connectivity index (χ0) is 9.22. The Morgan fingerprint density at radius 2 is 2.15 bits per heavy atom. The molecule has 2 heterocycles. The summed E-state index contributed by atoms with van der Waals surface area (Å²) in [7, 11) is 0. The molecular formula is C10H12O3. The molecule has 2 bridgehead atoms. The number of carbonyl (C=O) groups excluding carboxylic acids is 2. The van der Waals surface area contributed by atoms with Gasteiger partial charge in [0.2, 0.25) is 0 Å². The van der Waals surface area contributed by atoms with Crippen LogP contribution >= 0.6 is 0 Å². The molecule has 2 saturated heterocycles. The Morgan fingerprint density at radius 3 is 2.85 bits per heavy atom. The van der Waals surface area contributed by atoms with E-state index in [9.17, 15) is 9.59 Å². The lowest BCUT2D eigenvalue weighted by atomic mass is 9.74. The number of carbonyl (C=O) groups is 2. The molecule has 0 aromatic rings. The Hall–Kier alpha value is -0.700. The quantitative estimate of drug-likeness (QED) is 0.516. The van der Waals surface area contributed by atoms with Crippen LogP contribution in [0.25, 0.3) is 0 Å². The molecule has 1 aliphatic carbocycles. The average molecular weight is 180 g/mol. The lowest BCUT2D eigenvalue weighted by molar-refractivity contribution is -0.127.